The summed E-state index contributed by atoms with van der Waals surface area (Å²) < 4.78 is 0. The highest BCUT2D eigenvalue weighted by Crippen LogP contribution is 2.40. The molecule has 4 rings (SSSR count). The third kappa shape index (κ3) is 3.51. The summed E-state index contributed by atoms with van der Waals surface area (Å²) >= 11 is 1.46. The van der Waals surface area contributed by atoms with E-state index >= 15 is 0 Å². The molecule has 1 unspecified atom stereocenters. The Balaban J connectivity index is 1.56. The molecular formula is C20H27N5O2S. The Morgan fingerprint density at radius 2 is 1.82 bits per heavy atom. The molecule has 0 bridgehead atoms. The number of piperidine rings is 1. The van der Waals surface area contributed by atoms with Crippen LogP contribution in [-0.4, -0.2) is 82.8 Å². The number of fused-ring (bicyclic) bond motifs is 1. The molecule has 2 amide bonds. The van der Waals surface area contributed by atoms with Gasteiger partial charge in [0, 0.05) is 70.6 Å². The van der Waals surface area contributed by atoms with E-state index in [1.807, 2.05) is 4.90 Å². The molecule has 0 saturated carbocycles. The highest BCUT2D eigenvalue weighted by Gasteiger charge is 2.35. The molecule has 0 spiro atoms. The van der Waals surface area contributed by atoms with Gasteiger partial charge in [0.15, 0.2) is 0 Å². The first-order chi connectivity index (χ1) is 13.5. The van der Waals surface area contributed by atoms with Gasteiger partial charge in [0.2, 0.25) is 5.91 Å². The van der Waals surface area contributed by atoms with Crippen molar-refractivity contribution in [2.24, 2.45) is 0 Å². The van der Waals surface area contributed by atoms with Gasteiger partial charge in [-0.1, -0.05) is 0 Å². The summed E-state index contributed by atoms with van der Waals surface area (Å²) in [7, 11) is 3.59. The largest absolute Gasteiger partial charge is 0.344 e. The van der Waals surface area contributed by atoms with Crippen LogP contribution in [0.2, 0.25) is 0 Å². The van der Waals surface area contributed by atoms with Crippen LogP contribution in [-0.2, 0) is 4.79 Å². The molecule has 2 fully saturated rings. The van der Waals surface area contributed by atoms with E-state index in [9.17, 15) is 9.59 Å². The van der Waals surface area contributed by atoms with Crippen molar-refractivity contribution in [2.45, 2.75) is 38.1 Å². The van der Waals surface area contributed by atoms with E-state index in [2.05, 4.69) is 14.9 Å². The summed E-state index contributed by atoms with van der Waals surface area (Å²) in [4.78, 5) is 41.2. The fraction of sp³-hybridized carbons (Fsp3) is 0.600. The summed E-state index contributed by atoms with van der Waals surface area (Å²) in [5, 5.41) is 0. The van der Waals surface area contributed by atoms with Crippen molar-refractivity contribution in [1.82, 2.24) is 24.7 Å². The number of likely N-dealkylation sites (tertiary alicyclic amines) is 2. The van der Waals surface area contributed by atoms with Gasteiger partial charge in [0.05, 0.1) is 4.88 Å². The molecule has 28 heavy (non-hydrogen) atoms. The van der Waals surface area contributed by atoms with Crippen LogP contribution in [0.3, 0.4) is 0 Å². The van der Waals surface area contributed by atoms with E-state index in [0.717, 1.165) is 66.2 Å². The molecule has 2 aromatic rings. The van der Waals surface area contributed by atoms with Crippen LogP contribution >= 0.6 is 11.3 Å². The van der Waals surface area contributed by atoms with Crippen molar-refractivity contribution >= 4 is 33.5 Å². The molecule has 1 atom stereocenters. The Hall–Kier alpha value is -2.06. The predicted octanol–water partition coefficient (Wildman–Crippen LogP) is 2.19. The first-order valence-corrected chi connectivity index (χ1v) is 10.7. The van der Waals surface area contributed by atoms with Crippen molar-refractivity contribution < 1.29 is 9.59 Å². The van der Waals surface area contributed by atoms with E-state index in [0.29, 0.717) is 12.0 Å². The second-order valence-electron chi connectivity index (χ2n) is 7.97. The Labute approximate surface area is 169 Å². The molecular weight excluding hydrogens is 374 g/mol. The van der Waals surface area contributed by atoms with Gasteiger partial charge < -0.3 is 9.80 Å². The molecule has 2 aromatic heterocycles. The van der Waals surface area contributed by atoms with Gasteiger partial charge in [-0.25, -0.2) is 4.98 Å². The molecule has 4 heterocycles. The van der Waals surface area contributed by atoms with Crippen LogP contribution in [0.4, 0.5) is 0 Å². The standard InChI is InChI=1S/C20H27N5O2S/c1-13(26)24-10-5-15(6-11-24)25-9-4-14(12-25)16-17-19(22-8-7-21-17)28-18(16)20(27)23(2)3/h7-8,14-15H,4-6,9-12H2,1-3H3. The van der Waals surface area contributed by atoms with Crippen LogP contribution < -0.4 is 0 Å². The summed E-state index contributed by atoms with van der Waals surface area (Å²) in [5.41, 5.74) is 1.96. The third-order valence-corrected chi connectivity index (χ3v) is 7.11. The lowest BCUT2D eigenvalue weighted by Crippen LogP contribution is -2.45. The molecule has 0 radical (unpaired) electrons. The lowest BCUT2D eigenvalue weighted by Gasteiger charge is -2.36. The first kappa shape index (κ1) is 19.3. The Morgan fingerprint density at radius 3 is 2.50 bits per heavy atom. The molecule has 8 heteroatoms. The fourth-order valence-corrected chi connectivity index (χ4v) is 5.69. The van der Waals surface area contributed by atoms with E-state index in [1.54, 1.807) is 38.3 Å². The summed E-state index contributed by atoms with van der Waals surface area (Å²) in [6.45, 7) is 5.32. The number of nitrogens with zero attached hydrogens (tertiary/aromatic N) is 5. The SMILES string of the molecule is CC(=O)N1CCC(N2CCC(c3c(C(=O)N(C)C)sc4nccnc34)C2)CC1. The topological polar surface area (TPSA) is 69.6 Å². The molecule has 2 saturated heterocycles. The smallest absolute Gasteiger partial charge is 0.263 e. The molecule has 2 aliphatic heterocycles. The first-order valence-electron chi connectivity index (χ1n) is 9.90. The number of hydrogen-bond acceptors (Lipinski definition) is 6. The molecule has 7 nitrogen and oxygen atoms in total. The van der Waals surface area contributed by atoms with Gasteiger partial charge in [-0.15, -0.1) is 11.3 Å². The lowest BCUT2D eigenvalue weighted by atomic mass is 9.97. The van der Waals surface area contributed by atoms with Gasteiger partial charge in [0.1, 0.15) is 10.3 Å². The second kappa shape index (κ2) is 7.75. The van der Waals surface area contributed by atoms with Crippen molar-refractivity contribution in [3.8, 4) is 0 Å². The van der Waals surface area contributed by atoms with Crippen molar-refractivity contribution in [3.05, 3.63) is 22.8 Å². The number of rotatable bonds is 3. The number of hydrogen-bond donors (Lipinski definition) is 0. The maximum absolute atomic E-state index is 12.8. The third-order valence-electron chi connectivity index (χ3n) is 6.02. The minimum absolute atomic E-state index is 0.0352. The van der Waals surface area contributed by atoms with E-state index in [4.69, 9.17) is 0 Å². The van der Waals surface area contributed by atoms with Gasteiger partial charge >= 0.3 is 0 Å². The number of aromatic nitrogens is 2. The van der Waals surface area contributed by atoms with Gasteiger partial charge in [-0.05, 0) is 25.8 Å². The van der Waals surface area contributed by atoms with Crippen LogP contribution in [0.25, 0.3) is 10.3 Å². The summed E-state index contributed by atoms with van der Waals surface area (Å²) in [6.07, 6.45) is 6.49. The zero-order chi connectivity index (χ0) is 19.8. The van der Waals surface area contributed by atoms with Crippen molar-refractivity contribution in [2.75, 3.05) is 40.3 Å². The molecule has 0 aromatic carbocycles. The second-order valence-corrected chi connectivity index (χ2v) is 8.97. The highest BCUT2D eigenvalue weighted by atomic mass is 32.1. The highest BCUT2D eigenvalue weighted by molar-refractivity contribution is 7.20. The number of amides is 2. The number of thiophene rings is 1. The van der Waals surface area contributed by atoms with E-state index in [-0.39, 0.29) is 11.8 Å². The number of carbonyl (C=O) groups is 2. The van der Waals surface area contributed by atoms with Crippen LogP contribution in [0.5, 0.6) is 0 Å². The molecule has 150 valence electrons. The minimum Gasteiger partial charge on any atom is -0.344 e. The fourth-order valence-electron chi connectivity index (χ4n) is 4.49. The minimum atomic E-state index is 0.0352. The zero-order valence-corrected chi connectivity index (χ0v) is 17.5. The monoisotopic (exact) mass is 401 g/mol. The Bertz CT molecular complexity index is 888. The quantitative estimate of drug-likeness (QED) is 0.789. The molecule has 0 N–H and O–H groups in total. The maximum Gasteiger partial charge on any atom is 0.263 e. The van der Waals surface area contributed by atoms with Crippen LogP contribution in [0.15, 0.2) is 12.4 Å². The predicted molar refractivity (Wildman–Crippen MR) is 110 cm³/mol. The summed E-state index contributed by atoms with van der Waals surface area (Å²) in [5.74, 6) is 0.510. The normalized spacial score (nSPS) is 21.4. The Kier molecular flexibility index (Phi) is 5.33. The van der Waals surface area contributed by atoms with Gasteiger partial charge in [-0.2, -0.15) is 0 Å². The maximum atomic E-state index is 12.8. The molecule has 2 aliphatic rings. The number of carbonyl (C=O) groups excluding carboxylic acids is 2. The zero-order valence-electron chi connectivity index (χ0n) is 16.7. The molecule has 0 aliphatic carbocycles. The van der Waals surface area contributed by atoms with E-state index < -0.39 is 0 Å². The Morgan fingerprint density at radius 1 is 1.11 bits per heavy atom. The average molecular weight is 402 g/mol. The van der Waals surface area contributed by atoms with Crippen molar-refractivity contribution in [1.29, 1.82) is 0 Å². The van der Waals surface area contributed by atoms with Crippen LogP contribution in [0.1, 0.15) is 47.3 Å². The summed E-state index contributed by atoms with van der Waals surface area (Å²) in [6, 6.07) is 0.518. The van der Waals surface area contributed by atoms with Crippen molar-refractivity contribution in [3.63, 3.8) is 0 Å². The van der Waals surface area contributed by atoms with Gasteiger partial charge in [0.25, 0.3) is 5.91 Å². The van der Waals surface area contributed by atoms with Crippen LogP contribution in [0, 0.1) is 0 Å². The van der Waals surface area contributed by atoms with Gasteiger partial charge in [-0.3, -0.25) is 19.5 Å². The average Bonchev–Trinajstić information content (AvgIpc) is 3.31. The van der Waals surface area contributed by atoms with E-state index in [1.165, 1.54) is 11.3 Å². The lowest BCUT2D eigenvalue weighted by molar-refractivity contribution is -0.130.